The van der Waals surface area contributed by atoms with E-state index in [0.717, 1.165) is 31.0 Å². The zero-order valence-electron chi connectivity index (χ0n) is 11.8. The summed E-state index contributed by atoms with van der Waals surface area (Å²) in [5.41, 5.74) is 1.08. The van der Waals surface area contributed by atoms with Crippen LogP contribution in [0.15, 0.2) is 29.0 Å². The molecule has 3 heterocycles. The summed E-state index contributed by atoms with van der Waals surface area (Å²) in [6, 6.07) is 4.12. The summed E-state index contributed by atoms with van der Waals surface area (Å²) in [4.78, 5) is 11.0. The van der Waals surface area contributed by atoms with Crippen LogP contribution in [0.5, 0.6) is 0 Å². The monoisotopic (exact) mass is 273 g/mol. The average Bonchev–Trinajstić information content (AvgIpc) is 2.97. The topological polar surface area (TPSA) is 67.1 Å². The second kappa shape index (κ2) is 5.68. The number of pyridine rings is 1. The first-order valence-electron chi connectivity index (χ1n) is 6.90. The smallest absolute Gasteiger partial charge is 0.234 e. The van der Waals surface area contributed by atoms with Crippen molar-refractivity contribution in [3.8, 4) is 0 Å². The maximum Gasteiger partial charge on any atom is 0.234 e. The molecule has 106 valence electrons. The van der Waals surface area contributed by atoms with Gasteiger partial charge in [0.2, 0.25) is 5.89 Å². The summed E-state index contributed by atoms with van der Waals surface area (Å²) in [5.74, 6) is 1.46. The molecule has 6 heteroatoms. The molecule has 2 unspecified atom stereocenters. The van der Waals surface area contributed by atoms with Gasteiger partial charge in [-0.2, -0.15) is 4.98 Å². The van der Waals surface area contributed by atoms with Gasteiger partial charge in [-0.3, -0.25) is 9.88 Å². The van der Waals surface area contributed by atoms with E-state index in [1.807, 2.05) is 18.3 Å². The highest BCUT2D eigenvalue weighted by Gasteiger charge is 2.26. The molecule has 1 saturated heterocycles. The van der Waals surface area contributed by atoms with E-state index in [1.165, 1.54) is 0 Å². The first-order chi connectivity index (χ1) is 9.75. The van der Waals surface area contributed by atoms with Crippen molar-refractivity contribution >= 4 is 0 Å². The van der Waals surface area contributed by atoms with Crippen LogP contribution in [0.1, 0.15) is 36.2 Å². The zero-order chi connectivity index (χ0) is 13.9. The van der Waals surface area contributed by atoms with Crippen molar-refractivity contribution in [3.63, 3.8) is 0 Å². The minimum atomic E-state index is 0.0619. The quantitative estimate of drug-likeness (QED) is 0.906. The summed E-state index contributed by atoms with van der Waals surface area (Å²) >= 11 is 0. The van der Waals surface area contributed by atoms with Crippen molar-refractivity contribution in [2.45, 2.75) is 18.9 Å². The number of likely N-dealkylation sites (N-methyl/N-ethyl adjacent to an activating group) is 1. The molecule has 2 atom stereocenters. The lowest BCUT2D eigenvalue weighted by molar-refractivity contribution is 0.190. The highest BCUT2D eigenvalue weighted by atomic mass is 16.5. The van der Waals surface area contributed by atoms with Gasteiger partial charge in [-0.15, -0.1) is 0 Å². The van der Waals surface area contributed by atoms with E-state index in [2.05, 4.69) is 39.3 Å². The van der Waals surface area contributed by atoms with Crippen molar-refractivity contribution in [2.24, 2.45) is 0 Å². The maximum absolute atomic E-state index is 5.44. The van der Waals surface area contributed by atoms with Crippen LogP contribution in [-0.2, 0) is 0 Å². The molecule has 20 heavy (non-hydrogen) atoms. The van der Waals surface area contributed by atoms with E-state index < -0.39 is 0 Å². The van der Waals surface area contributed by atoms with Gasteiger partial charge in [0.15, 0.2) is 5.82 Å². The Morgan fingerprint density at radius 3 is 3.15 bits per heavy atom. The molecule has 0 bridgehead atoms. The second-order valence-corrected chi connectivity index (χ2v) is 5.20. The van der Waals surface area contributed by atoms with Gasteiger partial charge in [0, 0.05) is 32.0 Å². The van der Waals surface area contributed by atoms with Crippen molar-refractivity contribution < 1.29 is 4.52 Å². The van der Waals surface area contributed by atoms with Gasteiger partial charge in [0.25, 0.3) is 0 Å². The number of aromatic nitrogens is 3. The molecule has 3 rings (SSSR count). The van der Waals surface area contributed by atoms with Crippen LogP contribution in [0.3, 0.4) is 0 Å². The molecule has 1 fully saturated rings. The van der Waals surface area contributed by atoms with Crippen molar-refractivity contribution in [1.82, 2.24) is 25.3 Å². The summed E-state index contributed by atoms with van der Waals surface area (Å²) in [5, 5.41) is 7.51. The fourth-order valence-electron chi connectivity index (χ4n) is 2.43. The van der Waals surface area contributed by atoms with Gasteiger partial charge in [0.05, 0.1) is 12.0 Å². The van der Waals surface area contributed by atoms with E-state index in [1.54, 1.807) is 6.20 Å². The van der Waals surface area contributed by atoms with Gasteiger partial charge in [-0.05, 0) is 25.6 Å². The van der Waals surface area contributed by atoms with Crippen LogP contribution in [0, 0.1) is 0 Å². The summed E-state index contributed by atoms with van der Waals surface area (Å²) in [7, 11) is 2.09. The third-order valence-corrected chi connectivity index (χ3v) is 3.82. The number of nitrogens with zero attached hydrogens (tertiary/aromatic N) is 4. The van der Waals surface area contributed by atoms with E-state index >= 15 is 0 Å². The van der Waals surface area contributed by atoms with Gasteiger partial charge in [-0.1, -0.05) is 11.2 Å². The average molecular weight is 273 g/mol. The van der Waals surface area contributed by atoms with Crippen molar-refractivity contribution in [1.29, 1.82) is 0 Å². The standard InChI is InChI=1S/C14H19N5O/c1-10(11-4-3-5-15-8-11)14-17-13(18-20-14)12-9-16-6-7-19(12)2/h3-5,8,10,12,16H,6-7,9H2,1-2H3. The fraction of sp³-hybridized carbons (Fsp3) is 0.500. The number of hydrogen-bond donors (Lipinski definition) is 1. The van der Waals surface area contributed by atoms with Crippen LogP contribution >= 0.6 is 0 Å². The van der Waals surface area contributed by atoms with Crippen LogP contribution < -0.4 is 5.32 Å². The molecule has 0 aromatic carbocycles. The first-order valence-corrected chi connectivity index (χ1v) is 6.90. The van der Waals surface area contributed by atoms with Gasteiger partial charge < -0.3 is 9.84 Å². The number of nitrogens with one attached hydrogen (secondary N) is 1. The van der Waals surface area contributed by atoms with Crippen molar-refractivity contribution in [3.05, 3.63) is 41.8 Å². The molecule has 0 spiro atoms. The van der Waals surface area contributed by atoms with Crippen molar-refractivity contribution in [2.75, 3.05) is 26.7 Å². The second-order valence-electron chi connectivity index (χ2n) is 5.20. The zero-order valence-corrected chi connectivity index (χ0v) is 11.8. The normalized spacial score (nSPS) is 21.8. The fourth-order valence-corrected chi connectivity index (χ4v) is 2.43. The van der Waals surface area contributed by atoms with E-state index in [0.29, 0.717) is 5.89 Å². The molecular formula is C14H19N5O. The lowest BCUT2D eigenvalue weighted by Crippen LogP contribution is -2.44. The molecule has 0 saturated carbocycles. The molecule has 0 amide bonds. The SMILES string of the molecule is CC(c1cccnc1)c1nc(C2CNCCN2C)no1. The molecular weight excluding hydrogens is 254 g/mol. The Labute approximate surface area is 118 Å². The van der Waals surface area contributed by atoms with Crippen LogP contribution in [0.2, 0.25) is 0 Å². The Balaban J connectivity index is 1.79. The van der Waals surface area contributed by atoms with E-state index in [4.69, 9.17) is 4.52 Å². The van der Waals surface area contributed by atoms with Gasteiger partial charge >= 0.3 is 0 Å². The van der Waals surface area contributed by atoms with Crippen LogP contribution in [0.4, 0.5) is 0 Å². The molecule has 6 nitrogen and oxygen atoms in total. The molecule has 1 N–H and O–H groups in total. The van der Waals surface area contributed by atoms with Crippen LogP contribution in [0.25, 0.3) is 0 Å². The number of rotatable bonds is 3. The minimum absolute atomic E-state index is 0.0619. The minimum Gasteiger partial charge on any atom is -0.339 e. The lowest BCUT2D eigenvalue weighted by atomic mass is 10.0. The molecule has 2 aromatic rings. The highest BCUT2D eigenvalue weighted by molar-refractivity contribution is 5.20. The molecule has 0 radical (unpaired) electrons. The lowest BCUT2D eigenvalue weighted by Gasteiger charge is -2.30. The largest absolute Gasteiger partial charge is 0.339 e. The van der Waals surface area contributed by atoms with Gasteiger partial charge in [0.1, 0.15) is 0 Å². The Hall–Kier alpha value is -1.79. The summed E-state index contributed by atoms with van der Waals surface area (Å²) in [6.45, 7) is 4.91. The predicted molar refractivity (Wildman–Crippen MR) is 74.3 cm³/mol. The molecule has 1 aliphatic heterocycles. The maximum atomic E-state index is 5.44. The first kappa shape index (κ1) is 13.2. The number of piperazine rings is 1. The molecule has 0 aliphatic carbocycles. The van der Waals surface area contributed by atoms with E-state index in [-0.39, 0.29) is 12.0 Å². The summed E-state index contributed by atoms with van der Waals surface area (Å²) in [6.07, 6.45) is 3.60. The third-order valence-electron chi connectivity index (χ3n) is 3.82. The summed E-state index contributed by atoms with van der Waals surface area (Å²) < 4.78 is 5.44. The van der Waals surface area contributed by atoms with E-state index in [9.17, 15) is 0 Å². The van der Waals surface area contributed by atoms with Crippen LogP contribution in [-0.4, -0.2) is 46.7 Å². The molecule has 1 aliphatic rings. The molecule has 2 aromatic heterocycles. The Morgan fingerprint density at radius 2 is 2.40 bits per heavy atom. The third kappa shape index (κ3) is 2.57. The Morgan fingerprint density at radius 1 is 1.50 bits per heavy atom. The predicted octanol–water partition coefficient (Wildman–Crippen LogP) is 1.19. The number of hydrogen-bond acceptors (Lipinski definition) is 6. The van der Waals surface area contributed by atoms with Gasteiger partial charge in [-0.25, -0.2) is 0 Å². The highest BCUT2D eigenvalue weighted by Crippen LogP contribution is 2.24. The Bertz CT molecular complexity index is 556. The Kier molecular flexibility index (Phi) is 3.75.